The molecule has 0 saturated heterocycles. The third-order valence-corrected chi connectivity index (χ3v) is 3.57. The predicted octanol–water partition coefficient (Wildman–Crippen LogP) is 5.08. The number of halogens is 2. The van der Waals surface area contributed by atoms with Crippen LogP contribution in [0.2, 0.25) is 5.02 Å². The number of ketones is 1. The van der Waals surface area contributed by atoms with Gasteiger partial charge < -0.3 is 4.42 Å². The van der Waals surface area contributed by atoms with Crippen LogP contribution in [-0.2, 0) is 0 Å². The van der Waals surface area contributed by atoms with Gasteiger partial charge in [0.1, 0.15) is 5.58 Å². The van der Waals surface area contributed by atoms with Crippen LogP contribution in [-0.4, -0.2) is 5.78 Å². The molecule has 0 N–H and O–H groups in total. The average Bonchev–Trinajstić information content (AvgIpc) is 2.81. The number of benzene rings is 2. The Morgan fingerprint density at radius 3 is 2.53 bits per heavy atom. The van der Waals surface area contributed by atoms with E-state index < -0.39 is 0 Å². The first kappa shape index (κ1) is 12.5. The summed E-state index contributed by atoms with van der Waals surface area (Å²) in [5, 5.41) is 1.45. The van der Waals surface area contributed by atoms with Gasteiger partial charge >= 0.3 is 0 Å². The molecular weight excluding hydrogens is 328 g/mol. The van der Waals surface area contributed by atoms with Crippen molar-refractivity contribution in [3.8, 4) is 0 Å². The Labute approximate surface area is 123 Å². The zero-order valence-electron chi connectivity index (χ0n) is 9.69. The molecule has 1 heterocycles. The van der Waals surface area contributed by atoms with E-state index in [1.165, 1.54) is 0 Å². The molecule has 0 saturated carbocycles. The van der Waals surface area contributed by atoms with Crippen molar-refractivity contribution >= 4 is 44.3 Å². The summed E-state index contributed by atoms with van der Waals surface area (Å²) in [7, 11) is 0. The van der Waals surface area contributed by atoms with Gasteiger partial charge in [-0.25, -0.2) is 0 Å². The van der Waals surface area contributed by atoms with E-state index in [1.54, 1.807) is 36.4 Å². The Kier molecular flexibility index (Phi) is 3.17. The molecule has 94 valence electrons. The molecule has 0 aliphatic heterocycles. The van der Waals surface area contributed by atoms with E-state index in [2.05, 4.69) is 15.9 Å². The van der Waals surface area contributed by atoms with Gasteiger partial charge in [-0.15, -0.1) is 0 Å². The van der Waals surface area contributed by atoms with Crippen LogP contribution in [0.15, 0.2) is 57.4 Å². The number of hydrogen-bond acceptors (Lipinski definition) is 2. The smallest absolute Gasteiger partial charge is 0.228 e. The molecule has 0 spiro atoms. The van der Waals surface area contributed by atoms with Crippen LogP contribution in [0.5, 0.6) is 0 Å². The molecule has 0 fully saturated rings. The monoisotopic (exact) mass is 334 g/mol. The van der Waals surface area contributed by atoms with Gasteiger partial charge in [-0.1, -0.05) is 27.5 Å². The van der Waals surface area contributed by atoms with Gasteiger partial charge in [0.25, 0.3) is 0 Å². The van der Waals surface area contributed by atoms with Crippen molar-refractivity contribution in [2.75, 3.05) is 0 Å². The maximum absolute atomic E-state index is 12.3. The van der Waals surface area contributed by atoms with Gasteiger partial charge in [-0.2, -0.15) is 0 Å². The largest absolute Gasteiger partial charge is 0.453 e. The molecule has 0 aliphatic carbocycles. The normalized spacial score (nSPS) is 10.8. The molecule has 2 aromatic carbocycles. The summed E-state index contributed by atoms with van der Waals surface area (Å²) < 4.78 is 6.48. The number of carbonyl (C=O) groups is 1. The second-order valence-corrected chi connectivity index (χ2v) is 5.48. The van der Waals surface area contributed by atoms with Crippen molar-refractivity contribution in [1.82, 2.24) is 0 Å². The number of hydrogen-bond donors (Lipinski definition) is 0. The van der Waals surface area contributed by atoms with Gasteiger partial charge in [0, 0.05) is 20.4 Å². The maximum atomic E-state index is 12.3. The quantitative estimate of drug-likeness (QED) is 0.611. The second kappa shape index (κ2) is 4.83. The van der Waals surface area contributed by atoms with E-state index in [9.17, 15) is 4.79 Å². The zero-order valence-corrected chi connectivity index (χ0v) is 12.0. The van der Waals surface area contributed by atoms with E-state index in [1.807, 2.05) is 12.1 Å². The van der Waals surface area contributed by atoms with Crippen LogP contribution in [0.1, 0.15) is 16.1 Å². The van der Waals surface area contributed by atoms with Crippen molar-refractivity contribution < 1.29 is 9.21 Å². The Morgan fingerprint density at radius 2 is 1.79 bits per heavy atom. The van der Waals surface area contributed by atoms with E-state index in [0.29, 0.717) is 21.9 Å². The highest BCUT2D eigenvalue weighted by Crippen LogP contribution is 2.24. The number of furan rings is 1. The van der Waals surface area contributed by atoms with Gasteiger partial charge in [-0.05, 0) is 48.5 Å². The molecule has 1 aromatic heterocycles. The lowest BCUT2D eigenvalue weighted by Gasteiger charge is -1.97. The molecule has 3 rings (SSSR count). The highest BCUT2D eigenvalue weighted by molar-refractivity contribution is 9.10. The molecule has 4 heteroatoms. The minimum Gasteiger partial charge on any atom is -0.453 e. The standard InChI is InChI=1S/C15H8BrClO2/c16-11-3-1-9(2-4-11)15(18)14-8-10-7-12(17)5-6-13(10)19-14/h1-8H. The topological polar surface area (TPSA) is 30.2 Å². The molecule has 0 atom stereocenters. The lowest BCUT2D eigenvalue weighted by atomic mass is 10.1. The maximum Gasteiger partial charge on any atom is 0.228 e. The average molecular weight is 336 g/mol. The molecule has 2 nitrogen and oxygen atoms in total. The first-order valence-corrected chi connectivity index (χ1v) is 6.80. The molecule has 0 bridgehead atoms. The Balaban J connectivity index is 2.04. The van der Waals surface area contributed by atoms with Crippen molar-refractivity contribution in [3.63, 3.8) is 0 Å². The van der Waals surface area contributed by atoms with Crippen LogP contribution < -0.4 is 0 Å². The third-order valence-electron chi connectivity index (χ3n) is 2.81. The summed E-state index contributed by atoms with van der Waals surface area (Å²) in [5.74, 6) is 0.180. The van der Waals surface area contributed by atoms with Crippen molar-refractivity contribution in [1.29, 1.82) is 0 Å². The van der Waals surface area contributed by atoms with Crippen LogP contribution in [0.3, 0.4) is 0 Å². The summed E-state index contributed by atoms with van der Waals surface area (Å²) >= 11 is 9.25. The number of carbonyl (C=O) groups excluding carboxylic acids is 1. The van der Waals surface area contributed by atoms with Crippen LogP contribution in [0, 0.1) is 0 Å². The van der Waals surface area contributed by atoms with Crippen LogP contribution >= 0.6 is 27.5 Å². The van der Waals surface area contributed by atoms with E-state index in [4.69, 9.17) is 16.0 Å². The highest BCUT2D eigenvalue weighted by atomic mass is 79.9. The molecule has 0 unspecified atom stereocenters. The van der Waals surface area contributed by atoms with Crippen molar-refractivity contribution in [2.24, 2.45) is 0 Å². The Hall–Kier alpha value is -1.58. The third kappa shape index (κ3) is 2.44. The minimum atomic E-state index is -0.139. The first-order chi connectivity index (χ1) is 9.13. The fourth-order valence-corrected chi connectivity index (χ4v) is 2.31. The number of rotatable bonds is 2. The first-order valence-electron chi connectivity index (χ1n) is 5.63. The molecule has 19 heavy (non-hydrogen) atoms. The van der Waals surface area contributed by atoms with Gasteiger partial charge in [0.15, 0.2) is 5.76 Å². The molecule has 0 aliphatic rings. The van der Waals surface area contributed by atoms with Crippen LogP contribution in [0.25, 0.3) is 11.0 Å². The lowest BCUT2D eigenvalue weighted by Crippen LogP contribution is -1.98. The Morgan fingerprint density at radius 1 is 1.05 bits per heavy atom. The number of fused-ring (bicyclic) bond motifs is 1. The summed E-state index contributed by atoms with van der Waals surface area (Å²) in [6, 6.07) is 14.2. The zero-order chi connectivity index (χ0) is 13.4. The van der Waals surface area contributed by atoms with Crippen LogP contribution in [0.4, 0.5) is 0 Å². The minimum absolute atomic E-state index is 0.139. The fourth-order valence-electron chi connectivity index (χ4n) is 1.87. The van der Waals surface area contributed by atoms with E-state index in [0.717, 1.165) is 9.86 Å². The second-order valence-electron chi connectivity index (χ2n) is 4.13. The van der Waals surface area contributed by atoms with E-state index >= 15 is 0 Å². The van der Waals surface area contributed by atoms with Gasteiger partial charge in [0.2, 0.25) is 5.78 Å². The molecular formula is C15H8BrClO2. The highest BCUT2D eigenvalue weighted by Gasteiger charge is 2.14. The van der Waals surface area contributed by atoms with Gasteiger partial charge in [0.05, 0.1) is 0 Å². The summed E-state index contributed by atoms with van der Waals surface area (Å²) in [4.78, 5) is 12.3. The Bertz CT molecular complexity index is 759. The summed E-state index contributed by atoms with van der Waals surface area (Å²) in [6.45, 7) is 0. The predicted molar refractivity (Wildman–Crippen MR) is 78.8 cm³/mol. The molecule has 0 amide bonds. The molecule has 3 aromatic rings. The summed E-state index contributed by atoms with van der Waals surface area (Å²) in [5.41, 5.74) is 1.25. The van der Waals surface area contributed by atoms with Crippen molar-refractivity contribution in [3.05, 3.63) is 69.3 Å². The summed E-state index contributed by atoms with van der Waals surface area (Å²) in [6.07, 6.45) is 0. The lowest BCUT2D eigenvalue weighted by molar-refractivity contribution is 0.101. The van der Waals surface area contributed by atoms with Gasteiger partial charge in [-0.3, -0.25) is 4.79 Å². The fraction of sp³-hybridized carbons (Fsp3) is 0. The van der Waals surface area contributed by atoms with E-state index in [-0.39, 0.29) is 5.78 Å². The molecule has 0 radical (unpaired) electrons. The SMILES string of the molecule is O=C(c1ccc(Br)cc1)c1cc2cc(Cl)ccc2o1. The van der Waals surface area contributed by atoms with Crippen molar-refractivity contribution in [2.45, 2.75) is 0 Å².